The van der Waals surface area contributed by atoms with Crippen LogP contribution in [0.4, 0.5) is 11.4 Å². The minimum atomic E-state index is 0.0629. The predicted molar refractivity (Wildman–Crippen MR) is 93.2 cm³/mol. The van der Waals surface area contributed by atoms with E-state index in [-0.39, 0.29) is 11.9 Å². The maximum absolute atomic E-state index is 11.3. The lowest BCUT2D eigenvalue weighted by Crippen LogP contribution is -2.39. The Morgan fingerprint density at radius 3 is 2.64 bits per heavy atom. The summed E-state index contributed by atoms with van der Waals surface area (Å²) < 4.78 is 0. The van der Waals surface area contributed by atoms with Crippen molar-refractivity contribution in [2.45, 2.75) is 45.6 Å². The molecular weight excluding hydrogens is 274 g/mol. The molecule has 1 saturated heterocycles. The van der Waals surface area contributed by atoms with Crippen LogP contribution in [0.25, 0.3) is 0 Å². The van der Waals surface area contributed by atoms with Crippen molar-refractivity contribution >= 4 is 17.3 Å². The molecular formula is C18H27N3O. The smallest absolute Gasteiger partial charge is 0.224 e. The molecule has 1 aromatic carbocycles. The van der Waals surface area contributed by atoms with Crippen LogP contribution in [-0.2, 0) is 4.79 Å². The number of hydrogen-bond donors (Lipinski definition) is 2. The van der Waals surface area contributed by atoms with E-state index >= 15 is 0 Å². The number of nitrogens with one attached hydrogen (secondary N) is 2. The van der Waals surface area contributed by atoms with Gasteiger partial charge in [-0.2, -0.15) is 0 Å². The number of benzene rings is 1. The second-order valence-corrected chi connectivity index (χ2v) is 5.79. The summed E-state index contributed by atoms with van der Waals surface area (Å²) in [5, 5.41) is 6.25. The fourth-order valence-corrected chi connectivity index (χ4v) is 2.73. The van der Waals surface area contributed by atoms with Gasteiger partial charge in [0.1, 0.15) is 0 Å². The van der Waals surface area contributed by atoms with Crippen LogP contribution in [-0.4, -0.2) is 25.0 Å². The zero-order valence-electron chi connectivity index (χ0n) is 13.7. The fraction of sp³-hybridized carbons (Fsp3) is 0.500. The molecule has 22 heavy (non-hydrogen) atoms. The molecule has 0 aliphatic carbocycles. The molecule has 1 aliphatic heterocycles. The normalized spacial score (nSPS) is 18.0. The highest BCUT2D eigenvalue weighted by atomic mass is 16.1. The first-order chi connectivity index (χ1) is 10.6. The Labute approximate surface area is 133 Å². The lowest BCUT2D eigenvalue weighted by atomic mass is 10.0. The lowest BCUT2D eigenvalue weighted by Gasteiger charge is -2.27. The molecule has 0 saturated carbocycles. The van der Waals surface area contributed by atoms with Crippen molar-refractivity contribution in [3.05, 3.63) is 36.5 Å². The van der Waals surface area contributed by atoms with Gasteiger partial charge in [-0.3, -0.25) is 4.79 Å². The van der Waals surface area contributed by atoms with E-state index in [2.05, 4.69) is 60.2 Å². The molecule has 1 heterocycles. The number of rotatable bonds is 7. The van der Waals surface area contributed by atoms with E-state index in [1.807, 2.05) is 0 Å². The number of anilines is 2. The van der Waals surface area contributed by atoms with Crippen molar-refractivity contribution in [2.75, 3.05) is 23.3 Å². The van der Waals surface area contributed by atoms with Crippen LogP contribution in [0.15, 0.2) is 36.5 Å². The van der Waals surface area contributed by atoms with E-state index in [1.165, 1.54) is 18.5 Å². The Balaban J connectivity index is 1.96. The van der Waals surface area contributed by atoms with Crippen LogP contribution in [0.2, 0.25) is 0 Å². The molecule has 1 unspecified atom stereocenters. The first-order valence-electron chi connectivity index (χ1n) is 8.24. The van der Waals surface area contributed by atoms with Crippen LogP contribution in [0.3, 0.4) is 0 Å². The Morgan fingerprint density at radius 1 is 1.32 bits per heavy atom. The van der Waals surface area contributed by atoms with Crippen molar-refractivity contribution in [3.63, 3.8) is 0 Å². The van der Waals surface area contributed by atoms with Gasteiger partial charge in [0, 0.05) is 36.6 Å². The van der Waals surface area contributed by atoms with Crippen molar-refractivity contribution in [1.29, 1.82) is 0 Å². The number of piperidine rings is 1. The molecule has 0 radical (unpaired) electrons. The number of hydrogen-bond acceptors (Lipinski definition) is 3. The molecule has 1 amide bonds. The van der Waals surface area contributed by atoms with Gasteiger partial charge < -0.3 is 15.5 Å². The molecule has 2 rings (SSSR count). The van der Waals surface area contributed by atoms with Gasteiger partial charge in [-0.15, -0.1) is 0 Å². The third-order valence-corrected chi connectivity index (χ3v) is 4.12. The molecule has 120 valence electrons. The Morgan fingerprint density at radius 2 is 2.05 bits per heavy atom. The summed E-state index contributed by atoms with van der Waals surface area (Å²) in [5.74, 6) is 0.0629. The maximum Gasteiger partial charge on any atom is 0.224 e. The quantitative estimate of drug-likeness (QED) is 0.810. The van der Waals surface area contributed by atoms with Crippen LogP contribution < -0.4 is 15.5 Å². The van der Waals surface area contributed by atoms with Crippen molar-refractivity contribution in [3.8, 4) is 0 Å². The molecule has 1 aliphatic rings. The SMILES string of the molecule is C=C1NC(=O)CCC1Nc1ccc(N(CC)CCCC)cc1. The largest absolute Gasteiger partial charge is 0.377 e. The Kier molecular flexibility index (Phi) is 5.87. The molecule has 0 spiro atoms. The summed E-state index contributed by atoms with van der Waals surface area (Å²) in [4.78, 5) is 13.7. The van der Waals surface area contributed by atoms with E-state index in [1.54, 1.807) is 0 Å². The van der Waals surface area contributed by atoms with Gasteiger partial charge in [0.25, 0.3) is 0 Å². The highest BCUT2D eigenvalue weighted by Gasteiger charge is 2.21. The van der Waals surface area contributed by atoms with Crippen LogP contribution in [0.1, 0.15) is 39.5 Å². The molecule has 2 N–H and O–H groups in total. The monoisotopic (exact) mass is 301 g/mol. The summed E-state index contributed by atoms with van der Waals surface area (Å²) in [7, 11) is 0. The topological polar surface area (TPSA) is 44.4 Å². The lowest BCUT2D eigenvalue weighted by molar-refractivity contribution is -0.121. The minimum Gasteiger partial charge on any atom is -0.377 e. The van der Waals surface area contributed by atoms with Crippen LogP contribution >= 0.6 is 0 Å². The summed E-state index contributed by atoms with van der Waals surface area (Å²) in [6, 6.07) is 8.64. The minimum absolute atomic E-state index is 0.0629. The van der Waals surface area contributed by atoms with Crippen molar-refractivity contribution in [2.24, 2.45) is 0 Å². The van der Waals surface area contributed by atoms with E-state index in [0.29, 0.717) is 6.42 Å². The van der Waals surface area contributed by atoms with Crippen LogP contribution in [0.5, 0.6) is 0 Å². The average molecular weight is 301 g/mol. The van der Waals surface area contributed by atoms with Gasteiger partial charge >= 0.3 is 0 Å². The zero-order chi connectivity index (χ0) is 15.9. The molecule has 0 aromatic heterocycles. The average Bonchev–Trinajstić information content (AvgIpc) is 2.52. The third-order valence-electron chi connectivity index (χ3n) is 4.12. The second-order valence-electron chi connectivity index (χ2n) is 5.79. The fourth-order valence-electron chi connectivity index (χ4n) is 2.73. The molecule has 1 atom stereocenters. The first kappa shape index (κ1) is 16.4. The molecule has 1 fully saturated rings. The van der Waals surface area contributed by atoms with Gasteiger partial charge in [0.05, 0.1) is 6.04 Å². The highest BCUT2D eigenvalue weighted by Crippen LogP contribution is 2.22. The summed E-state index contributed by atoms with van der Waals surface area (Å²) in [6.45, 7) is 10.5. The predicted octanol–water partition coefficient (Wildman–Crippen LogP) is 3.52. The molecule has 1 aromatic rings. The molecule has 0 bridgehead atoms. The van der Waals surface area contributed by atoms with Gasteiger partial charge in [0.15, 0.2) is 0 Å². The van der Waals surface area contributed by atoms with E-state index in [0.717, 1.165) is 30.9 Å². The van der Waals surface area contributed by atoms with E-state index in [4.69, 9.17) is 0 Å². The number of carbonyl (C=O) groups excluding carboxylic acids is 1. The van der Waals surface area contributed by atoms with Gasteiger partial charge in [-0.25, -0.2) is 0 Å². The number of unbranched alkanes of at least 4 members (excludes halogenated alkanes) is 1. The highest BCUT2D eigenvalue weighted by molar-refractivity contribution is 5.79. The second kappa shape index (κ2) is 7.87. The first-order valence-corrected chi connectivity index (χ1v) is 8.24. The summed E-state index contributed by atoms with van der Waals surface area (Å²) in [6.07, 6.45) is 3.78. The third kappa shape index (κ3) is 4.26. The zero-order valence-corrected chi connectivity index (χ0v) is 13.7. The number of nitrogens with zero attached hydrogens (tertiary/aromatic N) is 1. The van der Waals surface area contributed by atoms with Crippen LogP contribution in [0, 0.1) is 0 Å². The van der Waals surface area contributed by atoms with Crippen molar-refractivity contribution < 1.29 is 4.79 Å². The van der Waals surface area contributed by atoms with Gasteiger partial charge in [-0.05, 0) is 44.0 Å². The standard InChI is InChI=1S/C18H27N3O/c1-4-6-13-21(5-2)16-9-7-15(8-10-16)20-17-11-12-18(22)19-14(17)3/h7-10,17,20H,3-6,11-13H2,1-2H3,(H,19,22). The number of carbonyl (C=O) groups is 1. The number of amides is 1. The molecule has 4 nitrogen and oxygen atoms in total. The van der Waals surface area contributed by atoms with Crippen molar-refractivity contribution in [1.82, 2.24) is 5.32 Å². The van der Waals surface area contributed by atoms with Gasteiger partial charge in [0.2, 0.25) is 5.91 Å². The maximum atomic E-state index is 11.3. The summed E-state index contributed by atoms with van der Waals surface area (Å²) >= 11 is 0. The van der Waals surface area contributed by atoms with Gasteiger partial charge in [-0.1, -0.05) is 19.9 Å². The Bertz CT molecular complexity index is 510. The van der Waals surface area contributed by atoms with E-state index < -0.39 is 0 Å². The van der Waals surface area contributed by atoms with E-state index in [9.17, 15) is 4.79 Å². The summed E-state index contributed by atoms with van der Waals surface area (Å²) in [5.41, 5.74) is 3.09. The molecule has 4 heteroatoms. The Hall–Kier alpha value is -1.97.